The Balaban J connectivity index is 1.47. The maximum Gasteiger partial charge on any atom is 0.329 e. The van der Waals surface area contributed by atoms with Gasteiger partial charge in [0.15, 0.2) is 5.78 Å². The molecule has 1 aliphatic carbocycles. The molecule has 5 rings (SSSR count). The van der Waals surface area contributed by atoms with Crippen LogP contribution in [0.4, 0.5) is 0 Å². The minimum atomic E-state index is -2.52. The number of ether oxygens (including phenoxy) is 10. The fraction of sp³-hybridized carbons (Fsp3) is 0.787. The van der Waals surface area contributed by atoms with Crippen molar-refractivity contribution in [3.63, 3.8) is 0 Å². The SMILES string of the molecule is CO[C@@H]1C[C@H](C[C@@H](C)[C@@H]2CC(=O)[C@H](C)/C=C(\C)[C@@H](O)[C@@H](OC)C(=O)[C@H](C)C[C@H](C)/C=C/C=C/C=C(\C)[C@@H](OCC3COCCOCCOCCOCCO3)C[C@@H]3CC[C@@H](C)[C@@](O)(O3)C(=O)C(=O)N3CCCC[C@H]3C(=O)O2)CC[C@H]1O. The number of amides is 1. The highest BCUT2D eigenvalue weighted by atomic mass is 16.6. The van der Waals surface area contributed by atoms with Gasteiger partial charge in [0.25, 0.3) is 11.7 Å². The van der Waals surface area contributed by atoms with Crippen LogP contribution >= 0.6 is 0 Å². The molecule has 3 N–H and O–H groups in total. The van der Waals surface area contributed by atoms with Crippen LogP contribution in [-0.2, 0) is 71.3 Å². The summed E-state index contributed by atoms with van der Waals surface area (Å²) in [5.41, 5.74) is 1.17. The third-order valence-electron chi connectivity index (χ3n) is 16.7. The van der Waals surface area contributed by atoms with Crippen LogP contribution in [0.5, 0.6) is 0 Å². The zero-order valence-electron chi connectivity index (χ0n) is 49.3. The Bertz CT molecular complexity index is 2060. The van der Waals surface area contributed by atoms with Crippen molar-refractivity contribution in [3.8, 4) is 0 Å². The monoisotopic (exact) mass is 1130 g/mol. The van der Waals surface area contributed by atoms with Crippen molar-refractivity contribution in [2.45, 2.75) is 186 Å². The summed E-state index contributed by atoms with van der Waals surface area (Å²) in [4.78, 5) is 73.2. The van der Waals surface area contributed by atoms with Crippen LogP contribution in [0.3, 0.4) is 0 Å². The zero-order chi connectivity index (χ0) is 58.4. The number of esters is 1. The molecule has 454 valence electrons. The molecule has 80 heavy (non-hydrogen) atoms. The van der Waals surface area contributed by atoms with Gasteiger partial charge in [0.05, 0.1) is 90.5 Å². The fourth-order valence-corrected chi connectivity index (χ4v) is 11.5. The third-order valence-corrected chi connectivity index (χ3v) is 16.7. The van der Waals surface area contributed by atoms with Crippen molar-refractivity contribution in [3.05, 3.63) is 47.6 Å². The third kappa shape index (κ3) is 20.4. The minimum Gasteiger partial charge on any atom is -0.460 e. The average molecular weight is 1130 g/mol. The lowest BCUT2D eigenvalue weighted by molar-refractivity contribution is -0.266. The van der Waals surface area contributed by atoms with E-state index in [9.17, 15) is 39.3 Å². The van der Waals surface area contributed by atoms with Crippen LogP contribution in [0.2, 0.25) is 0 Å². The van der Waals surface area contributed by atoms with Crippen LogP contribution in [0.15, 0.2) is 47.6 Å². The number of methoxy groups -OCH3 is 2. The van der Waals surface area contributed by atoms with Gasteiger partial charge >= 0.3 is 5.97 Å². The number of carbonyl (C=O) groups is 5. The number of cyclic esters (lactones) is 1. The van der Waals surface area contributed by atoms with Gasteiger partial charge in [-0.1, -0.05) is 71.1 Å². The molecule has 1 unspecified atom stereocenters. The first-order valence-corrected chi connectivity index (χ1v) is 29.5. The Kier molecular flexibility index (Phi) is 28.8. The summed E-state index contributed by atoms with van der Waals surface area (Å²) in [6.07, 6.45) is 9.71. The molecule has 16 atom stereocenters. The average Bonchev–Trinajstić information content (AvgIpc) is 3.55. The van der Waals surface area contributed by atoms with Crippen LogP contribution in [0.1, 0.15) is 126 Å². The van der Waals surface area contributed by atoms with Crippen LogP contribution in [0.25, 0.3) is 0 Å². The topological polar surface area (TPSA) is 242 Å². The molecule has 1 amide bonds. The van der Waals surface area contributed by atoms with Gasteiger partial charge < -0.3 is 67.6 Å². The molecule has 5 aliphatic rings. The van der Waals surface area contributed by atoms with Crippen molar-refractivity contribution >= 4 is 29.2 Å². The summed E-state index contributed by atoms with van der Waals surface area (Å²) in [5.74, 6) is -8.44. The maximum absolute atomic E-state index is 14.6. The van der Waals surface area contributed by atoms with Gasteiger partial charge in [-0.2, -0.15) is 0 Å². The summed E-state index contributed by atoms with van der Waals surface area (Å²) in [6, 6.07) is -1.19. The van der Waals surface area contributed by atoms with E-state index in [-0.39, 0.29) is 81.1 Å². The molecule has 0 aromatic heterocycles. The zero-order valence-corrected chi connectivity index (χ0v) is 49.3. The molecule has 19 heteroatoms. The number of nitrogens with zero attached hydrogens (tertiary/aromatic N) is 1. The first-order valence-electron chi connectivity index (χ1n) is 29.5. The standard InChI is InChI=1S/C61H97NO18/c1-39-15-11-10-12-16-40(2)52(78-38-48-37-76-28-27-74-24-23-73-25-26-75-29-30-77-48)35-47-20-18-45(7)61(70,80-47)58(67)59(68)62-22-14-13-17-49(62)60(69)79-53(42(4)33-46-19-21-50(63)54(34-46)71-8)36-51(64)41(3)32-44(6)56(66)57(72-9)55(65)43(5)31-39/h10-12,15-16,32,39,41-43,45-50,52-54,56-57,63,66,70H,13-14,17-31,33-38H2,1-9H3/b12-10+,15-11+,40-16+,44-32+/t39-,41-,42-,43-,45-,46+,47+,48?,49+,50-,52+,53+,54-,56-,57+,61-/m1/s1. The van der Waals surface area contributed by atoms with Gasteiger partial charge in [-0.15, -0.1) is 0 Å². The summed E-state index contributed by atoms with van der Waals surface area (Å²) < 4.78 is 59.5. The lowest BCUT2D eigenvalue weighted by Crippen LogP contribution is -2.61. The van der Waals surface area contributed by atoms with Crippen LogP contribution < -0.4 is 0 Å². The largest absolute Gasteiger partial charge is 0.460 e. The predicted molar refractivity (Wildman–Crippen MR) is 297 cm³/mol. The summed E-state index contributed by atoms with van der Waals surface area (Å²) in [5, 5.41) is 34.5. The lowest BCUT2D eigenvalue weighted by Gasteiger charge is -2.43. The van der Waals surface area contributed by atoms with E-state index >= 15 is 0 Å². The normalized spacial score (nSPS) is 38.5. The van der Waals surface area contributed by atoms with E-state index < -0.39 is 90.0 Å². The molecule has 4 fully saturated rings. The molecular formula is C61H97NO18. The van der Waals surface area contributed by atoms with Gasteiger partial charge in [0.1, 0.15) is 36.2 Å². The molecule has 1 saturated carbocycles. The Morgan fingerprint density at radius 3 is 2.15 bits per heavy atom. The van der Waals surface area contributed by atoms with Crippen molar-refractivity contribution in [2.24, 2.45) is 35.5 Å². The second kappa shape index (κ2) is 34.3. The number of rotatable bonds is 8. The molecule has 3 saturated heterocycles. The number of Topliss-reactive ketones (excluding diaryl/α,β-unsaturated/α-hetero) is 3. The predicted octanol–water partition coefficient (Wildman–Crippen LogP) is 6.02. The van der Waals surface area contributed by atoms with Crippen molar-refractivity contribution in [2.75, 3.05) is 86.8 Å². The van der Waals surface area contributed by atoms with Crippen LogP contribution in [-0.4, -0.2) is 197 Å². The van der Waals surface area contributed by atoms with Gasteiger partial charge in [-0.05, 0) is 107 Å². The smallest absolute Gasteiger partial charge is 0.329 e. The van der Waals surface area contributed by atoms with E-state index in [1.54, 1.807) is 34.0 Å². The lowest BCUT2D eigenvalue weighted by atomic mass is 9.78. The summed E-state index contributed by atoms with van der Waals surface area (Å²) >= 11 is 0. The van der Waals surface area contributed by atoms with Gasteiger partial charge in [-0.3, -0.25) is 19.2 Å². The molecule has 2 bridgehead atoms. The number of fused-ring (bicyclic) bond motifs is 3. The molecule has 0 aromatic rings. The Labute approximate surface area is 475 Å². The number of allylic oxidation sites excluding steroid dienone is 6. The number of carbonyl (C=O) groups excluding carboxylic acids is 5. The first-order chi connectivity index (χ1) is 38.3. The van der Waals surface area contributed by atoms with E-state index in [4.69, 9.17) is 47.4 Å². The second-order valence-electron chi connectivity index (χ2n) is 23.1. The number of hydrogen-bond donors (Lipinski definition) is 3. The van der Waals surface area contributed by atoms with Crippen molar-refractivity contribution in [1.82, 2.24) is 4.90 Å². The van der Waals surface area contributed by atoms with E-state index in [2.05, 4.69) is 0 Å². The highest BCUT2D eigenvalue weighted by molar-refractivity contribution is 6.39. The summed E-state index contributed by atoms with van der Waals surface area (Å²) in [7, 11) is 2.94. The Hall–Kier alpha value is -3.57. The number of hydrogen-bond acceptors (Lipinski definition) is 18. The number of aliphatic hydroxyl groups is 3. The molecule has 0 radical (unpaired) electrons. The van der Waals surface area contributed by atoms with Crippen molar-refractivity contribution < 1.29 is 86.7 Å². The minimum absolute atomic E-state index is 0.0352. The summed E-state index contributed by atoms with van der Waals surface area (Å²) in [6.45, 7) is 16.0. The highest BCUT2D eigenvalue weighted by Gasteiger charge is 2.53. The number of aliphatic hydroxyl groups excluding tert-OH is 2. The molecule has 0 spiro atoms. The van der Waals surface area contributed by atoms with Gasteiger partial charge in [0.2, 0.25) is 5.79 Å². The van der Waals surface area contributed by atoms with E-state index in [1.807, 2.05) is 58.1 Å². The Morgan fingerprint density at radius 1 is 0.775 bits per heavy atom. The van der Waals surface area contributed by atoms with E-state index in [0.717, 1.165) is 5.57 Å². The quantitative estimate of drug-likeness (QED) is 0.143. The fourth-order valence-electron chi connectivity index (χ4n) is 11.5. The highest BCUT2D eigenvalue weighted by Crippen LogP contribution is 2.38. The first kappa shape index (κ1) is 67.2. The van der Waals surface area contributed by atoms with Gasteiger partial charge in [0, 0.05) is 51.4 Å². The van der Waals surface area contributed by atoms with E-state index in [0.29, 0.717) is 110 Å². The van der Waals surface area contributed by atoms with Crippen LogP contribution in [0, 0.1) is 35.5 Å². The van der Waals surface area contributed by atoms with Gasteiger partial charge in [-0.25, -0.2) is 4.79 Å². The van der Waals surface area contributed by atoms with Crippen molar-refractivity contribution in [1.29, 1.82) is 0 Å². The second-order valence-corrected chi connectivity index (χ2v) is 23.1. The molecule has 4 aliphatic heterocycles. The number of piperidine rings is 1. The Morgan fingerprint density at radius 2 is 1.46 bits per heavy atom. The number of ketones is 3. The molecular weight excluding hydrogens is 1030 g/mol. The molecule has 0 aromatic carbocycles. The molecule has 19 nitrogen and oxygen atoms in total. The van der Waals surface area contributed by atoms with E-state index in [1.165, 1.54) is 12.0 Å². The maximum atomic E-state index is 14.6. The molecule has 4 heterocycles.